The van der Waals surface area contributed by atoms with Gasteiger partial charge in [-0.15, -0.1) is 0 Å². The summed E-state index contributed by atoms with van der Waals surface area (Å²) in [5, 5.41) is 0. The van der Waals surface area contributed by atoms with E-state index in [-0.39, 0.29) is 5.78 Å². The summed E-state index contributed by atoms with van der Waals surface area (Å²) in [5.41, 5.74) is 3.56. The van der Waals surface area contributed by atoms with E-state index in [0.717, 1.165) is 26.9 Å². The Morgan fingerprint density at radius 1 is 1.15 bits per heavy atom. The quantitative estimate of drug-likeness (QED) is 0.759. The van der Waals surface area contributed by atoms with Gasteiger partial charge in [0.05, 0.1) is 11.1 Å². The number of aryl methyl sites for hydroxylation is 2. The molecule has 0 bridgehead atoms. The molecule has 0 fully saturated rings. The molecule has 0 heterocycles. The first-order valence-electron chi connectivity index (χ1n) is 6.57. The first kappa shape index (κ1) is 14.8. The summed E-state index contributed by atoms with van der Waals surface area (Å²) in [6.07, 6.45) is 0. The Kier molecular flexibility index (Phi) is 4.61. The standard InChI is InChI=1S/C17H17BrO2/c1-4-20-16-8-6-13(10-15(16)18)17(19)14-7-5-11(2)9-12(14)3/h5-10H,4H2,1-3H3. The number of ketones is 1. The molecule has 104 valence electrons. The summed E-state index contributed by atoms with van der Waals surface area (Å²) in [4.78, 5) is 12.5. The molecule has 0 aliphatic rings. The fourth-order valence-corrected chi connectivity index (χ4v) is 2.63. The van der Waals surface area contributed by atoms with Crippen molar-refractivity contribution < 1.29 is 9.53 Å². The lowest BCUT2D eigenvalue weighted by atomic mass is 9.97. The van der Waals surface area contributed by atoms with Crippen LogP contribution in [0.25, 0.3) is 0 Å². The van der Waals surface area contributed by atoms with Gasteiger partial charge in [0.25, 0.3) is 0 Å². The zero-order valence-electron chi connectivity index (χ0n) is 11.9. The van der Waals surface area contributed by atoms with E-state index in [1.165, 1.54) is 0 Å². The molecule has 0 spiro atoms. The lowest BCUT2D eigenvalue weighted by Gasteiger charge is -2.09. The predicted molar refractivity (Wildman–Crippen MR) is 84.7 cm³/mol. The number of carbonyl (C=O) groups is 1. The molecule has 0 aliphatic carbocycles. The smallest absolute Gasteiger partial charge is 0.193 e. The summed E-state index contributed by atoms with van der Waals surface area (Å²) in [6.45, 7) is 6.52. The van der Waals surface area contributed by atoms with E-state index in [2.05, 4.69) is 15.9 Å². The van der Waals surface area contributed by atoms with E-state index in [1.54, 1.807) is 6.07 Å². The highest BCUT2D eigenvalue weighted by Crippen LogP contribution is 2.27. The third-order valence-electron chi connectivity index (χ3n) is 3.12. The zero-order chi connectivity index (χ0) is 14.7. The summed E-state index contributed by atoms with van der Waals surface area (Å²) < 4.78 is 6.26. The molecule has 3 heteroatoms. The Hall–Kier alpha value is -1.61. The SMILES string of the molecule is CCOc1ccc(C(=O)c2ccc(C)cc2C)cc1Br. The first-order chi connectivity index (χ1) is 9.52. The van der Waals surface area contributed by atoms with Crippen molar-refractivity contribution in [2.75, 3.05) is 6.61 Å². The highest BCUT2D eigenvalue weighted by Gasteiger charge is 2.13. The van der Waals surface area contributed by atoms with Crippen molar-refractivity contribution in [3.8, 4) is 5.75 Å². The Balaban J connectivity index is 2.36. The van der Waals surface area contributed by atoms with E-state index in [1.807, 2.05) is 51.1 Å². The summed E-state index contributed by atoms with van der Waals surface area (Å²) in [6, 6.07) is 11.3. The maximum Gasteiger partial charge on any atom is 0.193 e. The van der Waals surface area contributed by atoms with Crippen LogP contribution in [-0.2, 0) is 0 Å². The van der Waals surface area contributed by atoms with Crippen LogP contribution in [0.15, 0.2) is 40.9 Å². The van der Waals surface area contributed by atoms with Gasteiger partial charge in [-0.3, -0.25) is 4.79 Å². The predicted octanol–water partition coefficient (Wildman–Crippen LogP) is 4.70. The highest BCUT2D eigenvalue weighted by atomic mass is 79.9. The second-order valence-corrected chi connectivity index (χ2v) is 5.58. The number of benzene rings is 2. The lowest BCUT2D eigenvalue weighted by molar-refractivity contribution is 0.103. The molecule has 0 amide bonds. The van der Waals surface area contributed by atoms with E-state index in [0.29, 0.717) is 12.2 Å². The monoisotopic (exact) mass is 332 g/mol. The summed E-state index contributed by atoms with van der Waals surface area (Å²) in [7, 11) is 0. The van der Waals surface area contributed by atoms with Gasteiger partial charge in [0.2, 0.25) is 0 Å². The maximum atomic E-state index is 12.5. The van der Waals surface area contributed by atoms with Gasteiger partial charge >= 0.3 is 0 Å². The second-order valence-electron chi connectivity index (χ2n) is 4.73. The van der Waals surface area contributed by atoms with Crippen LogP contribution in [0.1, 0.15) is 34.0 Å². The maximum absolute atomic E-state index is 12.5. The van der Waals surface area contributed by atoms with Gasteiger partial charge in [0.15, 0.2) is 5.78 Å². The molecule has 0 saturated carbocycles. The number of carbonyl (C=O) groups excluding carboxylic acids is 1. The average Bonchev–Trinajstić information content (AvgIpc) is 2.40. The van der Waals surface area contributed by atoms with Crippen LogP contribution in [-0.4, -0.2) is 12.4 Å². The molecule has 0 N–H and O–H groups in total. The van der Waals surface area contributed by atoms with Crippen LogP contribution in [0.2, 0.25) is 0 Å². The molecule has 0 atom stereocenters. The van der Waals surface area contributed by atoms with Gasteiger partial charge in [0.1, 0.15) is 5.75 Å². The van der Waals surface area contributed by atoms with Crippen molar-refractivity contribution in [2.24, 2.45) is 0 Å². The number of hydrogen-bond acceptors (Lipinski definition) is 2. The number of hydrogen-bond donors (Lipinski definition) is 0. The van der Waals surface area contributed by atoms with Crippen molar-refractivity contribution in [2.45, 2.75) is 20.8 Å². The molecule has 20 heavy (non-hydrogen) atoms. The van der Waals surface area contributed by atoms with Gasteiger partial charge in [-0.05, 0) is 60.5 Å². The van der Waals surface area contributed by atoms with Crippen molar-refractivity contribution in [3.63, 3.8) is 0 Å². The highest BCUT2D eigenvalue weighted by molar-refractivity contribution is 9.10. The second kappa shape index (κ2) is 6.23. The van der Waals surface area contributed by atoms with E-state index >= 15 is 0 Å². The summed E-state index contributed by atoms with van der Waals surface area (Å²) in [5.74, 6) is 0.788. The van der Waals surface area contributed by atoms with Crippen molar-refractivity contribution in [1.82, 2.24) is 0 Å². The van der Waals surface area contributed by atoms with Crippen LogP contribution in [0.3, 0.4) is 0 Å². The Bertz CT molecular complexity index is 647. The van der Waals surface area contributed by atoms with Crippen molar-refractivity contribution in [3.05, 3.63) is 63.1 Å². The topological polar surface area (TPSA) is 26.3 Å². The van der Waals surface area contributed by atoms with Crippen molar-refractivity contribution in [1.29, 1.82) is 0 Å². The van der Waals surface area contributed by atoms with Gasteiger partial charge in [0, 0.05) is 11.1 Å². The van der Waals surface area contributed by atoms with E-state index in [4.69, 9.17) is 4.74 Å². The number of halogens is 1. The van der Waals surface area contributed by atoms with Gasteiger partial charge in [-0.1, -0.05) is 23.8 Å². The molecule has 0 saturated heterocycles. The minimum Gasteiger partial charge on any atom is -0.493 e. The van der Waals surface area contributed by atoms with E-state index in [9.17, 15) is 4.79 Å². The minimum atomic E-state index is 0.0336. The van der Waals surface area contributed by atoms with Gasteiger partial charge in [-0.25, -0.2) is 0 Å². The number of ether oxygens (including phenoxy) is 1. The third-order valence-corrected chi connectivity index (χ3v) is 3.74. The normalized spacial score (nSPS) is 10.4. The Labute approximate surface area is 127 Å². The molecule has 2 rings (SSSR count). The number of rotatable bonds is 4. The molecule has 0 aromatic heterocycles. The molecule has 2 nitrogen and oxygen atoms in total. The zero-order valence-corrected chi connectivity index (χ0v) is 13.5. The first-order valence-corrected chi connectivity index (χ1v) is 7.36. The van der Waals surface area contributed by atoms with E-state index < -0.39 is 0 Å². The van der Waals surface area contributed by atoms with Crippen molar-refractivity contribution >= 4 is 21.7 Å². The molecular weight excluding hydrogens is 316 g/mol. The summed E-state index contributed by atoms with van der Waals surface area (Å²) >= 11 is 3.44. The van der Waals surface area contributed by atoms with Crippen LogP contribution in [0, 0.1) is 13.8 Å². The largest absolute Gasteiger partial charge is 0.493 e. The fourth-order valence-electron chi connectivity index (χ4n) is 2.14. The minimum absolute atomic E-state index is 0.0336. The average molecular weight is 333 g/mol. The molecular formula is C17H17BrO2. The third kappa shape index (κ3) is 3.10. The van der Waals surface area contributed by atoms with Gasteiger partial charge in [-0.2, -0.15) is 0 Å². The molecule has 2 aromatic rings. The molecule has 2 aromatic carbocycles. The van der Waals surface area contributed by atoms with Gasteiger partial charge < -0.3 is 4.74 Å². The molecule has 0 aliphatic heterocycles. The molecule has 0 radical (unpaired) electrons. The van der Waals surface area contributed by atoms with Crippen LogP contribution in [0.5, 0.6) is 5.75 Å². The van der Waals surface area contributed by atoms with Crippen LogP contribution in [0.4, 0.5) is 0 Å². The Morgan fingerprint density at radius 3 is 2.50 bits per heavy atom. The van der Waals surface area contributed by atoms with Crippen LogP contribution >= 0.6 is 15.9 Å². The lowest BCUT2D eigenvalue weighted by Crippen LogP contribution is -2.04. The fraction of sp³-hybridized carbons (Fsp3) is 0.235. The Morgan fingerprint density at radius 2 is 1.90 bits per heavy atom. The molecule has 0 unspecified atom stereocenters. The van der Waals surface area contributed by atoms with Crippen LogP contribution < -0.4 is 4.74 Å².